The molecule has 1 fully saturated rings. The van der Waals surface area contributed by atoms with E-state index in [0.717, 1.165) is 31.4 Å². The molecule has 2 rings (SSSR count). The Morgan fingerprint density at radius 3 is 2.61 bits per heavy atom. The number of nitrogens with zero attached hydrogens (tertiary/aromatic N) is 1. The third-order valence-corrected chi connectivity index (χ3v) is 5.05. The van der Waals surface area contributed by atoms with E-state index in [-0.39, 0.29) is 5.54 Å². The normalized spacial score (nSPS) is 25.0. The summed E-state index contributed by atoms with van der Waals surface area (Å²) >= 11 is 0. The summed E-state index contributed by atoms with van der Waals surface area (Å²) in [5.41, 5.74) is 10.1. The topological polar surface area (TPSA) is 38.4 Å². The van der Waals surface area contributed by atoms with Crippen molar-refractivity contribution in [1.29, 1.82) is 0 Å². The molecule has 0 spiro atoms. The first-order valence-corrected chi connectivity index (χ1v) is 8.72. The fourth-order valence-electron chi connectivity index (χ4n) is 3.37. The van der Waals surface area contributed by atoms with Crippen LogP contribution in [0.1, 0.15) is 46.0 Å². The van der Waals surface area contributed by atoms with Crippen LogP contribution in [-0.4, -0.2) is 18.3 Å². The van der Waals surface area contributed by atoms with Gasteiger partial charge < -0.3 is 5.73 Å². The van der Waals surface area contributed by atoms with Gasteiger partial charge in [-0.3, -0.25) is 4.99 Å². The molecule has 2 nitrogen and oxygen atoms in total. The maximum absolute atomic E-state index is 6.47. The average molecular weight is 310 g/mol. The third kappa shape index (κ3) is 4.20. The van der Waals surface area contributed by atoms with Crippen LogP contribution in [0.4, 0.5) is 0 Å². The molecule has 2 heteroatoms. The highest BCUT2D eigenvalue weighted by atomic mass is 14.8. The van der Waals surface area contributed by atoms with Crippen molar-refractivity contribution < 1.29 is 0 Å². The van der Waals surface area contributed by atoms with Crippen LogP contribution >= 0.6 is 0 Å². The van der Waals surface area contributed by atoms with E-state index in [2.05, 4.69) is 54.4 Å². The fraction of sp³-hybridized carbons (Fsp3) is 0.476. The van der Waals surface area contributed by atoms with Gasteiger partial charge in [-0.05, 0) is 63.0 Å². The summed E-state index contributed by atoms with van der Waals surface area (Å²) in [5, 5.41) is 0. The summed E-state index contributed by atoms with van der Waals surface area (Å²) in [6.45, 7) is 4.11. The zero-order valence-corrected chi connectivity index (χ0v) is 14.8. The molecule has 1 atom stereocenters. The highest BCUT2D eigenvalue weighted by Crippen LogP contribution is 2.40. The van der Waals surface area contributed by atoms with Gasteiger partial charge >= 0.3 is 0 Å². The maximum atomic E-state index is 6.47. The number of hydrogen-bond acceptors (Lipinski definition) is 2. The van der Waals surface area contributed by atoms with E-state index < -0.39 is 0 Å². The molecule has 0 heterocycles. The molecule has 0 aromatic heterocycles. The van der Waals surface area contributed by atoms with Crippen LogP contribution in [0.25, 0.3) is 0 Å². The van der Waals surface area contributed by atoms with Crippen molar-refractivity contribution in [2.24, 2.45) is 16.6 Å². The minimum atomic E-state index is 0.0424. The number of hydrogen-bond donors (Lipinski definition) is 1. The maximum Gasteiger partial charge on any atom is 0.0671 e. The van der Waals surface area contributed by atoms with Crippen LogP contribution in [-0.2, 0) is 0 Å². The quantitative estimate of drug-likeness (QED) is 0.549. The molecule has 0 radical (unpaired) electrons. The fourth-order valence-corrected chi connectivity index (χ4v) is 3.37. The first-order valence-electron chi connectivity index (χ1n) is 8.72. The van der Waals surface area contributed by atoms with Crippen molar-refractivity contribution in [1.82, 2.24) is 0 Å². The van der Waals surface area contributed by atoms with E-state index in [1.165, 1.54) is 17.6 Å². The zero-order chi connectivity index (χ0) is 16.7. The lowest BCUT2D eigenvalue weighted by molar-refractivity contribution is 0.183. The Morgan fingerprint density at radius 2 is 2.13 bits per heavy atom. The van der Waals surface area contributed by atoms with Crippen molar-refractivity contribution in [3.63, 3.8) is 0 Å². The van der Waals surface area contributed by atoms with Crippen molar-refractivity contribution in [2.45, 2.75) is 51.5 Å². The van der Waals surface area contributed by atoms with Crippen molar-refractivity contribution >= 4 is 5.71 Å². The molecule has 2 aliphatic carbocycles. The number of nitrogens with two attached hydrogens (primary N) is 1. The predicted octanol–water partition coefficient (Wildman–Crippen LogP) is 4.91. The van der Waals surface area contributed by atoms with Crippen molar-refractivity contribution in [2.75, 3.05) is 7.05 Å². The summed E-state index contributed by atoms with van der Waals surface area (Å²) in [6, 6.07) is 0. The molecule has 0 bridgehead atoms. The smallest absolute Gasteiger partial charge is 0.0671 e. The molecule has 2 aliphatic rings. The van der Waals surface area contributed by atoms with Gasteiger partial charge in [-0.1, -0.05) is 48.6 Å². The lowest BCUT2D eigenvalue weighted by Crippen LogP contribution is -2.52. The minimum absolute atomic E-state index is 0.0424. The molecule has 0 aromatic carbocycles. The molecule has 0 aromatic rings. The number of allylic oxidation sites excluding steroid dienone is 9. The highest BCUT2D eigenvalue weighted by Gasteiger charge is 2.39. The SMILES string of the molecule is C/C=C\C=C/C/C(=C/C)C(=NC)C1=CCC(C2(N)CCC2)C=C1. The molecule has 1 unspecified atom stereocenters. The number of aliphatic imine (C=N–C) groups is 1. The van der Waals surface area contributed by atoms with Crippen LogP contribution in [0.2, 0.25) is 0 Å². The Hall–Kier alpha value is -1.67. The first kappa shape index (κ1) is 17.7. The number of rotatable bonds is 6. The Kier molecular flexibility index (Phi) is 6.35. The van der Waals surface area contributed by atoms with Gasteiger partial charge in [0, 0.05) is 12.6 Å². The molecular weight excluding hydrogens is 280 g/mol. The average Bonchev–Trinajstić information content (AvgIpc) is 2.56. The standard InChI is InChI=1S/C21H30N2/c1-4-6-7-8-10-17(5-2)20(23-3)18-11-13-19(14-12-18)21(22)15-9-16-21/h4-8,11-13,19H,9-10,14-16,22H2,1-3H3/b6-4-,8-7-,17-5-,23-20?. The van der Waals surface area contributed by atoms with Gasteiger partial charge in [0.25, 0.3) is 0 Å². The molecule has 0 saturated heterocycles. The van der Waals surface area contributed by atoms with E-state index in [9.17, 15) is 0 Å². The summed E-state index contributed by atoms with van der Waals surface area (Å²) in [7, 11) is 1.88. The first-order chi connectivity index (χ1) is 11.1. The van der Waals surface area contributed by atoms with E-state index in [1.807, 2.05) is 20.0 Å². The van der Waals surface area contributed by atoms with Crippen molar-refractivity contribution in [3.05, 3.63) is 59.8 Å². The van der Waals surface area contributed by atoms with Gasteiger partial charge in [0.1, 0.15) is 0 Å². The summed E-state index contributed by atoms with van der Waals surface area (Å²) in [4.78, 5) is 4.55. The summed E-state index contributed by atoms with van der Waals surface area (Å²) in [5.74, 6) is 0.488. The molecule has 124 valence electrons. The van der Waals surface area contributed by atoms with Crippen LogP contribution in [0.15, 0.2) is 64.7 Å². The molecular formula is C21H30N2. The van der Waals surface area contributed by atoms with Gasteiger partial charge in [0.05, 0.1) is 5.71 Å². The Morgan fingerprint density at radius 1 is 1.35 bits per heavy atom. The van der Waals surface area contributed by atoms with E-state index in [0.29, 0.717) is 5.92 Å². The second kappa shape index (κ2) is 8.26. The Bertz CT molecular complexity index is 581. The monoisotopic (exact) mass is 310 g/mol. The van der Waals surface area contributed by atoms with Gasteiger partial charge in [-0.2, -0.15) is 0 Å². The summed E-state index contributed by atoms with van der Waals surface area (Å²) < 4.78 is 0. The van der Waals surface area contributed by atoms with E-state index >= 15 is 0 Å². The predicted molar refractivity (Wildman–Crippen MR) is 102 cm³/mol. The van der Waals surface area contributed by atoms with Gasteiger partial charge in [-0.25, -0.2) is 0 Å². The van der Waals surface area contributed by atoms with Gasteiger partial charge in [-0.15, -0.1) is 0 Å². The molecule has 0 amide bonds. The van der Waals surface area contributed by atoms with Crippen LogP contribution in [0, 0.1) is 5.92 Å². The minimum Gasteiger partial charge on any atom is -0.325 e. The second-order valence-electron chi connectivity index (χ2n) is 6.49. The van der Waals surface area contributed by atoms with E-state index in [1.54, 1.807) is 0 Å². The van der Waals surface area contributed by atoms with Crippen molar-refractivity contribution in [3.8, 4) is 0 Å². The zero-order valence-electron chi connectivity index (χ0n) is 14.8. The molecule has 2 N–H and O–H groups in total. The van der Waals surface area contributed by atoms with Gasteiger partial charge in [0.15, 0.2) is 0 Å². The Labute approximate surface area is 141 Å². The van der Waals surface area contributed by atoms with Crippen LogP contribution in [0.5, 0.6) is 0 Å². The van der Waals surface area contributed by atoms with Gasteiger partial charge in [0.2, 0.25) is 0 Å². The largest absolute Gasteiger partial charge is 0.325 e. The lowest BCUT2D eigenvalue weighted by Gasteiger charge is -2.44. The third-order valence-electron chi connectivity index (χ3n) is 5.05. The van der Waals surface area contributed by atoms with Crippen LogP contribution in [0.3, 0.4) is 0 Å². The second-order valence-corrected chi connectivity index (χ2v) is 6.49. The lowest BCUT2D eigenvalue weighted by atomic mass is 9.66. The Balaban J connectivity index is 2.05. The highest BCUT2D eigenvalue weighted by molar-refractivity contribution is 6.14. The molecule has 1 saturated carbocycles. The summed E-state index contributed by atoms with van der Waals surface area (Å²) in [6.07, 6.45) is 22.9. The van der Waals surface area contributed by atoms with E-state index in [4.69, 9.17) is 5.73 Å². The molecule has 23 heavy (non-hydrogen) atoms. The van der Waals surface area contributed by atoms with Crippen LogP contribution < -0.4 is 5.73 Å². The molecule has 0 aliphatic heterocycles.